The van der Waals surface area contributed by atoms with Gasteiger partial charge >= 0.3 is 0 Å². The van der Waals surface area contributed by atoms with E-state index < -0.39 is 0 Å². The van der Waals surface area contributed by atoms with E-state index in [0.29, 0.717) is 48.4 Å². The van der Waals surface area contributed by atoms with Gasteiger partial charge in [-0.15, -0.1) is 0 Å². The van der Waals surface area contributed by atoms with Crippen molar-refractivity contribution in [1.29, 1.82) is 0 Å². The Kier molecular flexibility index (Phi) is 34.8. The fourth-order valence-corrected chi connectivity index (χ4v) is 2.28. The molecule has 0 saturated heterocycles. The van der Waals surface area contributed by atoms with Crippen LogP contribution in [0.5, 0.6) is 5.75 Å². The normalized spacial score (nSPS) is 8.54. The van der Waals surface area contributed by atoms with Gasteiger partial charge in [-0.25, -0.2) is 0 Å². The van der Waals surface area contributed by atoms with Crippen LogP contribution in [-0.2, 0) is 22.7 Å². The minimum Gasteiger partial charge on any atom is -0.506 e. The Hall–Kier alpha value is -2.84. The summed E-state index contributed by atoms with van der Waals surface area (Å²) < 4.78 is 4.90. The fraction of sp³-hybridized carbons (Fsp3) is 0.586. The van der Waals surface area contributed by atoms with Crippen LogP contribution in [-0.4, -0.2) is 45.5 Å². The number of carbonyl (C=O) groups is 2. The van der Waals surface area contributed by atoms with Crippen LogP contribution in [0.25, 0.3) is 0 Å². The van der Waals surface area contributed by atoms with Crippen LogP contribution >= 0.6 is 0 Å². The summed E-state index contributed by atoms with van der Waals surface area (Å²) in [5.74, 6) is 0.0503. The van der Waals surface area contributed by atoms with Gasteiger partial charge in [0, 0.05) is 49.8 Å². The molecule has 3 N–H and O–H groups in total. The van der Waals surface area contributed by atoms with Gasteiger partial charge in [0.1, 0.15) is 11.5 Å². The van der Waals surface area contributed by atoms with E-state index in [2.05, 4.69) is 29.1 Å². The molecule has 2 aromatic heterocycles. The van der Waals surface area contributed by atoms with Gasteiger partial charge in [0.15, 0.2) is 0 Å². The van der Waals surface area contributed by atoms with Gasteiger partial charge in [-0.1, -0.05) is 61.8 Å². The number of rotatable bonds is 8. The summed E-state index contributed by atoms with van der Waals surface area (Å²) in [4.78, 5) is 29.9. The molecule has 2 rings (SSSR count). The van der Waals surface area contributed by atoms with E-state index in [1.165, 1.54) is 12.6 Å². The van der Waals surface area contributed by atoms with Gasteiger partial charge in [-0.3, -0.25) is 14.8 Å². The maximum atomic E-state index is 11.5. The number of aliphatic hydroxyl groups is 1. The molecule has 0 radical (unpaired) electrons. The smallest absolute Gasteiger partial charge is 0.252 e. The number of carbonyl (C=O) groups excluding carboxylic acids is 2. The molecule has 0 spiro atoms. The predicted molar refractivity (Wildman–Crippen MR) is 154 cm³/mol. The van der Waals surface area contributed by atoms with Crippen LogP contribution in [0.2, 0.25) is 0 Å². The maximum absolute atomic E-state index is 11.5. The number of amides is 1. The molecule has 37 heavy (non-hydrogen) atoms. The van der Waals surface area contributed by atoms with Gasteiger partial charge in [-0.05, 0) is 32.4 Å². The second kappa shape index (κ2) is 31.2. The van der Waals surface area contributed by atoms with Crippen molar-refractivity contribution in [3.63, 3.8) is 0 Å². The molecule has 2 aromatic rings. The Morgan fingerprint density at radius 3 is 2.05 bits per heavy atom. The first kappa shape index (κ1) is 41.3. The summed E-state index contributed by atoms with van der Waals surface area (Å²) in [7, 11) is 1.55. The molecule has 1 amide bonds. The number of nitrogens with zero attached hydrogens (tertiary/aromatic N) is 2. The van der Waals surface area contributed by atoms with Crippen LogP contribution < -0.4 is 5.32 Å². The van der Waals surface area contributed by atoms with Crippen molar-refractivity contribution in [1.82, 2.24) is 15.3 Å². The first-order valence-corrected chi connectivity index (χ1v) is 13.3. The molecule has 0 aliphatic heterocycles. The number of aromatic nitrogens is 2. The molecule has 214 valence electrons. The first-order valence-electron chi connectivity index (χ1n) is 13.3. The molecule has 0 saturated carbocycles. The lowest BCUT2D eigenvalue weighted by Gasteiger charge is -2.09. The lowest BCUT2D eigenvalue weighted by atomic mass is 10.1. The van der Waals surface area contributed by atoms with Crippen molar-refractivity contribution >= 4 is 11.7 Å². The summed E-state index contributed by atoms with van der Waals surface area (Å²) in [6.45, 7) is 20.1. The molecule has 0 unspecified atom stereocenters. The minimum absolute atomic E-state index is 0.0528. The standard InChI is InChI=1S/C11H14N2O2.C9H13NO3.C3H8.3C2H6/c1-9(14)4-2-7-13-11(15)10-5-3-6-12-8-10;1-6-9(12)8(4-11)7(3-10-6)5-13-2;1-3-2;3*1-2/h3,5-6,8H,2,4,7H2,1H3,(H,13,15);3,11-12H,4-5H2,1-2H3;3H2,1-2H3;3*1-2H3. The van der Waals surface area contributed by atoms with Crippen molar-refractivity contribution in [3.8, 4) is 5.75 Å². The summed E-state index contributed by atoms with van der Waals surface area (Å²) in [5.41, 5.74) is 2.27. The molecule has 0 fully saturated rings. The van der Waals surface area contributed by atoms with E-state index in [9.17, 15) is 14.7 Å². The summed E-state index contributed by atoms with van der Waals surface area (Å²) >= 11 is 0. The Morgan fingerprint density at radius 1 is 1.05 bits per heavy atom. The van der Waals surface area contributed by atoms with Gasteiger partial charge in [-0.2, -0.15) is 0 Å². The second-order valence-electron chi connectivity index (χ2n) is 6.80. The number of hydrogen-bond acceptors (Lipinski definition) is 7. The molecule has 0 bridgehead atoms. The van der Waals surface area contributed by atoms with E-state index in [4.69, 9.17) is 9.84 Å². The number of ether oxygens (including phenoxy) is 1. The van der Waals surface area contributed by atoms with E-state index in [0.717, 1.165) is 0 Å². The largest absolute Gasteiger partial charge is 0.506 e. The first-order chi connectivity index (χ1) is 17.8. The molecule has 0 aromatic carbocycles. The van der Waals surface area contributed by atoms with Gasteiger partial charge < -0.3 is 25.1 Å². The molecular formula is C29H53N3O5. The van der Waals surface area contributed by atoms with E-state index in [-0.39, 0.29) is 24.0 Å². The topological polar surface area (TPSA) is 122 Å². The molecule has 0 aliphatic carbocycles. The third-order valence-corrected chi connectivity index (χ3v) is 3.80. The van der Waals surface area contributed by atoms with E-state index >= 15 is 0 Å². The fourth-order valence-electron chi connectivity index (χ4n) is 2.28. The number of methoxy groups -OCH3 is 1. The van der Waals surface area contributed by atoms with Crippen molar-refractivity contribution in [3.05, 3.63) is 53.1 Å². The Labute approximate surface area is 225 Å². The highest BCUT2D eigenvalue weighted by Crippen LogP contribution is 2.23. The van der Waals surface area contributed by atoms with E-state index in [1.807, 2.05) is 41.5 Å². The van der Waals surface area contributed by atoms with Crippen LogP contribution in [0.3, 0.4) is 0 Å². The van der Waals surface area contributed by atoms with Crippen molar-refractivity contribution in [2.75, 3.05) is 13.7 Å². The predicted octanol–water partition coefficient (Wildman–Crippen LogP) is 6.41. The lowest BCUT2D eigenvalue weighted by molar-refractivity contribution is -0.117. The Morgan fingerprint density at radius 2 is 1.62 bits per heavy atom. The monoisotopic (exact) mass is 523 g/mol. The van der Waals surface area contributed by atoms with Crippen LogP contribution in [0.1, 0.15) is 109 Å². The number of pyridine rings is 2. The number of nitrogens with one attached hydrogen (secondary N) is 1. The quantitative estimate of drug-likeness (QED) is 0.342. The average Bonchev–Trinajstić information content (AvgIpc) is 2.93. The molecular weight excluding hydrogens is 470 g/mol. The number of ketones is 1. The van der Waals surface area contributed by atoms with Crippen molar-refractivity contribution in [2.45, 2.75) is 102 Å². The van der Waals surface area contributed by atoms with Crippen molar-refractivity contribution < 1.29 is 24.5 Å². The van der Waals surface area contributed by atoms with Gasteiger partial charge in [0.25, 0.3) is 5.91 Å². The molecule has 2 heterocycles. The highest BCUT2D eigenvalue weighted by atomic mass is 16.5. The average molecular weight is 524 g/mol. The summed E-state index contributed by atoms with van der Waals surface area (Å²) in [5, 5.41) is 21.3. The van der Waals surface area contributed by atoms with Crippen LogP contribution in [0.4, 0.5) is 0 Å². The zero-order valence-corrected chi connectivity index (χ0v) is 25.1. The Bertz CT molecular complexity index is 785. The van der Waals surface area contributed by atoms with Gasteiger partial charge in [0.05, 0.1) is 24.5 Å². The Balaban J connectivity index is -0.000000226. The number of hydrogen-bond donors (Lipinski definition) is 3. The van der Waals surface area contributed by atoms with Gasteiger partial charge in [0.2, 0.25) is 0 Å². The molecule has 8 nitrogen and oxygen atoms in total. The van der Waals surface area contributed by atoms with Crippen LogP contribution in [0.15, 0.2) is 30.7 Å². The zero-order chi connectivity index (χ0) is 29.6. The minimum atomic E-state index is -0.201. The lowest BCUT2D eigenvalue weighted by Crippen LogP contribution is -2.24. The van der Waals surface area contributed by atoms with Crippen molar-refractivity contribution in [2.24, 2.45) is 0 Å². The highest BCUT2D eigenvalue weighted by molar-refractivity contribution is 5.93. The number of aliphatic hydroxyl groups excluding tert-OH is 1. The summed E-state index contributed by atoms with van der Waals surface area (Å²) in [6.07, 6.45) is 7.17. The number of aryl methyl sites for hydroxylation is 1. The molecule has 0 atom stereocenters. The number of Topliss-reactive ketones (excluding diaryl/α,β-unsaturated/α-hetero) is 1. The highest BCUT2D eigenvalue weighted by Gasteiger charge is 2.10. The van der Waals surface area contributed by atoms with Crippen LogP contribution in [0, 0.1) is 6.92 Å². The third kappa shape index (κ3) is 22.1. The maximum Gasteiger partial charge on any atom is 0.252 e. The summed E-state index contributed by atoms with van der Waals surface area (Å²) in [6, 6.07) is 3.41. The molecule has 0 aliphatic rings. The van der Waals surface area contributed by atoms with E-state index in [1.54, 1.807) is 45.5 Å². The zero-order valence-electron chi connectivity index (χ0n) is 25.1. The second-order valence-corrected chi connectivity index (χ2v) is 6.80. The SMILES string of the molecule is CC.CC.CC.CC(=O)CCCNC(=O)c1cccnc1.CCC.COCc1cnc(C)c(O)c1CO. The molecule has 8 heteroatoms. The number of aromatic hydroxyl groups is 1. The third-order valence-electron chi connectivity index (χ3n) is 3.80.